The first-order valence-electron chi connectivity index (χ1n) is 8.24. The molecular formula is C17H23N3O5S. The van der Waals surface area contributed by atoms with E-state index in [0.717, 1.165) is 0 Å². The van der Waals surface area contributed by atoms with Gasteiger partial charge in [-0.3, -0.25) is 14.5 Å². The molecule has 1 heterocycles. The number of aliphatic imine (C=N–C) groups is 1. The van der Waals surface area contributed by atoms with Crippen LogP contribution < -0.4 is 4.72 Å². The van der Waals surface area contributed by atoms with E-state index in [1.165, 1.54) is 11.0 Å². The maximum Gasteiger partial charge on any atom is 0.331 e. The third kappa shape index (κ3) is 4.21. The number of fused-ring (bicyclic) bond motifs is 1. The van der Waals surface area contributed by atoms with Crippen molar-refractivity contribution in [2.45, 2.75) is 31.2 Å². The van der Waals surface area contributed by atoms with Gasteiger partial charge in [-0.05, 0) is 18.1 Å². The number of amidine groups is 1. The van der Waals surface area contributed by atoms with Gasteiger partial charge in [-0.25, -0.2) is 13.2 Å². The summed E-state index contributed by atoms with van der Waals surface area (Å²) in [5.74, 6) is -1.09. The normalized spacial score (nSPS) is 18.5. The molecule has 1 aliphatic heterocycles. The van der Waals surface area contributed by atoms with Crippen LogP contribution in [0.4, 0.5) is 0 Å². The Balaban J connectivity index is 2.30. The molecule has 2 atom stereocenters. The first kappa shape index (κ1) is 19.9. The second-order valence-electron chi connectivity index (χ2n) is 6.31. The number of ether oxygens (including phenoxy) is 1. The fourth-order valence-electron chi connectivity index (χ4n) is 2.35. The van der Waals surface area contributed by atoms with Crippen LogP contribution in [-0.2, 0) is 24.3 Å². The highest BCUT2D eigenvalue weighted by molar-refractivity contribution is 7.90. The zero-order valence-corrected chi connectivity index (χ0v) is 16.0. The minimum atomic E-state index is -3.69. The molecule has 0 fully saturated rings. The largest absolute Gasteiger partial charge is 0.454 e. The predicted molar refractivity (Wildman–Crippen MR) is 96.2 cm³/mol. The average molecular weight is 381 g/mol. The summed E-state index contributed by atoms with van der Waals surface area (Å²) in [6.07, 6.45) is 0.632. The minimum absolute atomic E-state index is 0.113. The average Bonchev–Trinajstić information content (AvgIpc) is 2.87. The molecule has 1 aromatic carbocycles. The summed E-state index contributed by atoms with van der Waals surface area (Å²) in [4.78, 5) is 29.9. The predicted octanol–water partition coefficient (Wildman–Crippen LogP) is 0.771. The number of carbonyl (C=O) groups excluding carboxylic acids is 2. The summed E-state index contributed by atoms with van der Waals surface area (Å²) < 4.78 is 31.8. The van der Waals surface area contributed by atoms with Crippen molar-refractivity contribution in [1.82, 2.24) is 9.62 Å². The van der Waals surface area contributed by atoms with E-state index in [4.69, 9.17) is 4.74 Å². The molecule has 0 aromatic heterocycles. The van der Waals surface area contributed by atoms with Crippen molar-refractivity contribution in [3.05, 3.63) is 29.8 Å². The molecule has 0 saturated carbocycles. The van der Waals surface area contributed by atoms with E-state index in [1.54, 1.807) is 32.3 Å². The van der Waals surface area contributed by atoms with Crippen molar-refractivity contribution in [2.75, 3.05) is 20.7 Å². The fourth-order valence-corrected chi connectivity index (χ4v) is 3.59. The van der Waals surface area contributed by atoms with Gasteiger partial charge >= 0.3 is 5.97 Å². The third-order valence-electron chi connectivity index (χ3n) is 4.19. The Morgan fingerprint density at radius 2 is 1.92 bits per heavy atom. The Bertz CT molecular complexity index is 833. The lowest BCUT2D eigenvalue weighted by atomic mass is 9.99. The number of nitrogens with one attached hydrogen (secondary N) is 1. The lowest BCUT2D eigenvalue weighted by Crippen LogP contribution is -2.35. The molecule has 1 aliphatic rings. The Morgan fingerprint density at radius 3 is 2.54 bits per heavy atom. The van der Waals surface area contributed by atoms with Crippen LogP contribution in [0.2, 0.25) is 0 Å². The number of nitrogens with zero attached hydrogens (tertiary/aromatic N) is 2. The van der Waals surface area contributed by atoms with E-state index in [2.05, 4.69) is 9.71 Å². The Labute approximate surface area is 153 Å². The Morgan fingerprint density at radius 1 is 1.27 bits per heavy atom. The number of hydrogen-bond acceptors (Lipinski definition) is 6. The molecule has 8 nitrogen and oxygen atoms in total. The summed E-state index contributed by atoms with van der Waals surface area (Å²) in [5, 5.41) is 0. The molecule has 0 aliphatic carbocycles. The van der Waals surface area contributed by atoms with E-state index in [9.17, 15) is 18.0 Å². The fraction of sp³-hybridized carbons (Fsp3) is 0.471. The molecule has 0 spiro atoms. The van der Waals surface area contributed by atoms with Crippen LogP contribution in [0.5, 0.6) is 0 Å². The van der Waals surface area contributed by atoms with Gasteiger partial charge in [0.2, 0.25) is 0 Å². The van der Waals surface area contributed by atoms with Crippen molar-refractivity contribution in [3.63, 3.8) is 0 Å². The number of esters is 1. The van der Waals surface area contributed by atoms with E-state index in [0.29, 0.717) is 12.0 Å². The van der Waals surface area contributed by atoms with Gasteiger partial charge in [-0.15, -0.1) is 0 Å². The lowest BCUT2D eigenvalue weighted by Gasteiger charge is -2.19. The number of hydrogen-bond donors (Lipinski definition) is 1. The van der Waals surface area contributed by atoms with E-state index < -0.39 is 22.0 Å². The zero-order chi connectivity index (χ0) is 19.5. The molecule has 1 N–H and O–H groups in total. The maximum atomic E-state index is 12.5. The van der Waals surface area contributed by atoms with E-state index in [-0.39, 0.29) is 29.2 Å². The van der Waals surface area contributed by atoms with Crippen LogP contribution >= 0.6 is 0 Å². The molecule has 2 rings (SSSR count). The van der Waals surface area contributed by atoms with Crippen molar-refractivity contribution < 1.29 is 22.7 Å². The SMILES string of the molecule is CC[C@H](C)[C@H](N=C1NS(=O)(=O)c2ccccc21)C(=O)OCC(=O)N(C)C. The number of sulfonamides is 1. The number of benzene rings is 1. The number of likely N-dealkylation sites (N-methyl/N-ethyl adjacent to an activating group) is 1. The van der Waals surface area contributed by atoms with Gasteiger partial charge in [0.05, 0.1) is 4.90 Å². The highest BCUT2D eigenvalue weighted by Gasteiger charge is 2.33. The van der Waals surface area contributed by atoms with Crippen LogP contribution in [0, 0.1) is 5.92 Å². The topological polar surface area (TPSA) is 105 Å². The first-order chi connectivity index (χ1) is 12.2. The molecule has 142 valence electrons. The summed E-state index contributed by atoms with van der Waals surface area (Å²) in [6, 6.07) is 5.50. The van der Waals surface area contributed by atoms with Crippen LogP contribution in [-0.4, -0.2) is 57.8 Å². The maximum absolute atomic E-state index is 12.5. The summed E-state index contributed by atoms with van der Waals surface area (Å²) in [6.45, 7) is 3.33. The summed E-state index contributed by atoms with van der Waals surface area (Å²) in [7, 11) is -0.565. The van der Waals surface area contributed by atoms with Gasteiger partial charge < -0.3 is 9.64 Å². The molecule has 0 radical (unpaired) electrons. The van der Waals surface area contributed by atoms with Gasteiger partial charge in [0, 0.05) is 19.7 Å². The van der Waals surface area contributed by atoms with Gasteiger partial charge in [-0.1, -0.05) is 32.4 Å². The lowest BCUT2D eigenvalue weighted by molar-refractivity contribution is -0.153. The minimum Gasteiger partial charge on any atom is -0.454 e. The zero-order valence-electron chi connectivity index (χ0n) is 15.2. The van der Waals surface area contributed by atoms with Crippen molar-refractivity contribution in [1.29, 1.82) is 0 Å². The highest BCUT2D eigenvalue weighted by atomic mass is 32.2. The summed E-state index contributed by atoms with van der Waals surface area (Å²) >= 11 is 0. The van der Waals surface area contributed by atoms with Crippen LogP contribution in [0.1, 0.15) is 25.8 Å². The standard InChI is InChI=1S/C17H23N3O5S/c1-5-11(2)15(17(22)25-10-14(21)20(3)4)18-16-12-8-6-7-9-13(12)26(23,24)19-16/h6-9,11,15H,5,10H2,1-4H3,(H,18,19)/t11-,15-/m0/s1. The highest BCUT2D eigenvalue weighted by Crippen LogP contribution is 2.24. The second kappa shape index (κ2) is 7.86. The molecule has 1 aromatic rings. The number of carbonyl (C=O) groups is 2. The van der Waals surface area contributed by atoms with E-state index in [1.807, 2.05) is 13.8 Å². The van der Waals surface area contributed by atoms with E-state index >= 15 is 0 Å². The van der Waals surface area contributed by atoms with Gasteiger partial charge in [0.1, 0.15) is 5.84 Å². The van der Waals surface area contributed by atoms with Crippen molar-refractivity contribution in [2.24, 2.45) is 10.9 Å². The Hall–Kier alpha value is -2.42. The molecular weight excluding hydrogens is 358 g/mol. The molecule has 0 unspecified atom stereocenters. The number of amides is 1. The van der Waals surface area contributed by atoms with Gasteiger partial charge in [0.25, 0.3) is 15.9 Å². The monoisotopic (exact) mass is 381 g/mol. The quantitative estimate of drug-likeness (QED) is 0.733. The Kier molecular flexibility index (Phi) is 6.01. The van der Waals surface area contributed by atoms with Crippen LogP contribution in [0.15, 0.2) is 34.2 Å². The molecule has 1 amide bonds. The number of rotatable bonds is 6. The molecule has 9 heteroatoms. The van der Waals surface area contributed by atoms with Gasteiger partial charge in [0.15, 0.2) is 12.6 Å². The first-order valence-corrected chi connectivity index (χ1v) is 9.72. The van der Waals surface area contributed by atoms with Crippen LogP contribution in [0.25, 0.3) is 0 Å². The second-order valence-corrected chi connectivity index (χ2v) is 7.96. The van der Waals surface area contributed by atoms with Crippen molar-refractivity contribution >= 4 is 27.7 Å². The van der Waals surface area contributed by atoms with Crippen LogP contribution in [0.3, 0.4) is 0 Å². The third-order valence-corrected chi connectivity index (χ3v) is 5.59. The van der Waals surface area contributed by atoms with Crippen molar-refractivity contribution in [3.8, 4) is 0 Å². The molecule has 0 bridgehead atoms. The summed E-state index contributed by atoms with van der Waals surface area (Å²) in [5.41, 5.74) is 0.415. The molecule has 26 heavy (non-hydrogen) atoms. The smallest absolute Gasteiger partial charge is 0.331 e. The van der Waals surface area contributed by atoms with Gasteiger partial charge in [-0.2, -0.15) is 0 Å². The molecule has 0 saturated heterocycles.